The van der Waals surface area contributed by atoms with Crippen molar-refractivity contribution in [2.24, 2.45) is 5.92 Å². The topological polar surface area (TPSA) is 144 Å². The number of aliphatic hydroxyl groups excluding tert-OH is 1. The summed E-state index contributed by atoms with van der Waals surface area (Å²) in [4.78, 5) is 60.1. The first-order valence-electron chi connectivity index (χ1n) is 17.0. The molecule has 1 saturated carbocycles. The summed E-state index contributed by atoms with van der Waals surface area (Å²) in [6.45, 7) is 5.30. The third kappa shape index (κ3) is 9.56. The highest BCUT2D eigenvalue weighted by Gasteiger charge is 2.44. The molecule has 2 aliphatic rings. The first kappa shape index (κ1) is 37.8. The number of carbonyl (C=O) groups excluding carboxylic acids is 4. The number of nitrogens with zero attached hydrogens (tertiary/aromatic N) is 3. The van der Waals surface area contributed by atoms with E-state index < -0.39 is 59.6 Å². The SMILES string of the molecule is CCC(=O)NC(C(=O)N1CCN(C)CC1)C(C)c1ccc(NC(=O)C(NC(=O)C(F)(F)c2ccc(CO)nc2)C2CCCCCC2)c(F)c1. The predicted octanol–water partition coefficient (Wildman–Crippen LogP) is 3.67. The van der Waals surface area contributed by atoms with Gasteiger partial charge in [-0.05, 0) is 55.6 Å². The van der Waals surface area contributed by atoms with Gasteiger partial charge in [-0.3, -0.25) is 24.2 Å². The maximum absolute atomic E-state index is 15.6. The van der Waals surface area contributed by atoms with Gasteiger partial charge in [0.2, 0.25) is 17.7 Å². The lowest BCUT2D eigenvalue weighted by Crippen LogP contribution is -2.55. The number of pyridine rings is 1. The normalized spacial score (nSPS) is 18.1. The number of benzene rings is 1. The molecule has 2 heterocycles. The van der Waals surface area contributed by atoms with Gasteiger partial charge in [-0.25, -0.2) is 4.39 Å². The predicted molar refractivity (Wildman–Crippen MR) is 177 cm³/mol. The van der Waals surface area contributed by atoms with Crippen LogP contribution in [0.3, 0.4) is 0 Å². The second kappa shape index (κ2) is 17.1. The van der Waals surface area contributed by atoms with E-state index in [0.717, 1.165) is 37.9 Å². The van der Waals surface area contributed by atoms with Gasteiger partial charge in [-0.1, -0.05) is 45.6 Å². The van der Waals surface area contributed by atoms with Crippen LogP contribution in [0.25, 0.3) is 0 Å². The van der Waals surface area contributed by atoms with E-state index in [2.05, 4.69) is 25.8 Å². The molecular formula is C35H47F3N6O5. The number of hydrogen-bond donors (Lipinski definition) is 4. The van der Waals surface area contributed by atoms with Crippen LogP contribution in [-0.4, -0.2) is 88.8 Å². The van der Waals surface area contributed by atoms with E-state index in [0.29, 0.717) is 44.6 Å². The summed E-state index contributed by atoms with van der Waals surface area (Å²) in [6.07, 6.45) is 5.31. The van der Waals surface area contributed by atoms with Crippen LogP contribution >= 0.6 is 0 Å². The van der Waals surface area contributed by atoms with E-state index in [-0.39, 0.29) is 29.6 Å². The van der Waals surface area contributed by atoms with Crippen molar-refractivity contribution >= 4 is 29.3 Å². The molecule has 14 heteroatoms. The Morgan fingerprint density at radius 2 is 1.67 bits per heavy atom. The molecule has 4 amide bonds. The number of hydrogen-bond acceptors (Lipinski definition) is 7. The van der Waals surface area contributed by atoms with Crippen LogP contribution < -0.4 is 16.0 Å². The summed E-state index contributed by atoms with van der Waals surface area (Å²) < 4.78 is 46.2. The fourth-order valence-corrected chi connectivity index (χ4v) is 6.33. The van der Waals surface area contributed by atoms with Gasteiger partial charge in [0.15, 0.2) is 0 Å². The highest BCUT2D eigenvalue weighted by Crippen LogP contribution is 2.32. The van der Waals surface area contributed by atoms with Crippen LogP contribution in [0.4, 0.5) is 18.9 Å². The van der Waals surface area contributed by atoms with Crippen LogP contribution in [0.5, 0.6) is 0 Å². The second-order valence-corrected chi connectivity index (χ2v) is 13.0. The fraction of sp³-hybridized carbons (Fsp3) is 0.571. The minimum atomic E-state index is -4.03. The quantitative estimate of drug-likeness (QED) is 0.249. The first-order valence-corrected chi connectivity index (χ1v) is 17.0. The Morgan fingerprint density at radius 3 is 2.24 bits per heavy atom. The molecule has 1 aromatic carbocycles. The lowest BCUT2D eigenvalue weighted by atomic mass is 9.90. The van der Waals surface area contributed by atoms with Gasteiger partial charge in [0, 0.05) is 50.3 Å². The zero-order chi connectivity index (χ0) is 35.7. The molecule has 0 spiro atoms. The van der Waals surface area contributed by atoms with Gasteiger partial charge in [0.1, 0.15) is 17.9 Å². The number of anilines is 1. The van der Waals surface area contributed by atoms with Crippen LogP contribution in [0.15, 0.2) is 36.5 Å². The third-order valence-corrected chi connectivity index (χ3v) is 9.57. The van der Waals surface area contributed by atoms with Gasteiger partial charge in [-0.15, -0.1) is 0 Å². The fourth-order valence-electron chi connectivity index (χ4n) is 6.33. The van der Waals surface area contributed by atoms with E-state index in [1.165, 1.54) is 18.2 Å². The van der Waals surface area contributed by atoms with Gasteiger partial charge in [-0.2, -0.15) is 8.78 Å². The van der Waals surface area contributed by atoms with E-state index in [4.69, 9.17) is 0 Å². The van der Waals surface area contributed by atoms with Crippen molar-refractivity contribution in [3.63, 3.8) is 0 Å². The Morgan fingerprint density at radius 1 is 1.00 bits per heavy atom. The molecule has 0 radical (unpaired) electrons. The molecule has 2 fully saturated rings. The van der Waals surface area contributed by atoms with Crippen molar-refractivity contribution in [3.8, 4) is 0 Å². The molecule has 268 valence electrons. The molecule has 3 atom stereocenters. The molecule has 49 heavy (non-hydrogen) atoms. The maximum atomic E-state index is 15.6. The van der Waals surface area contributed by atoms with Crippen LogP contribution in [-0.2, 0) is 31.7 Å². The largest absolute Gasteiger partial charge is 0.390 e. The van der Waals surface area contributed by atoms with Crippen molar-refractivity contribution in [2.45, 2.75) is 89.3 Å². The summed E-state index contributed by atoms with van der Waals surface area (Å²) in [5.41, 5.74) is -0.351. The molecule has 11 nitrogen and oxygen atoms in total. The third-order valence-electron chi connectivity index (χ3n) is 9.57. The van der Waals surface area contributed by atoms with Crippen LogP contribution in [0.2, 0.25) is 0 Å². The summed E-state index contributed by atoms with van der Waals surface area (Å²) in [5, 5.41) is 16.7. The van der Waals surface area contributed by atoms with Gasteiger partial charge < -0.3 is 30.9 Å². The minimum absolute atomic E-state index is 0.154. The molecule has 0 bridgehead atoms. The molecule has 2 aromatic rings. The number of aliphatic hydroxyl groups is 1. The number of carbonyl (C=O) groups is 4. The summed E-state index contributed by atoms with van der Waals surface area (Å²) in [7, 11) is 1.96. The number of rotatable bonds is 12. The number of likely N-dealkylation sites (N-methyl/N-ethyl adjacent to an activating group) is 1. The number of nitrogens with one attached hydrogen (secondary N) is 3. The zero-order valence-electron chi connectivity index (χ0n) is 28.3. The molecule has 3 unspecified atom stereocenters. The number of halogens is 3. The summed E-state index contributed by atoms with van der Waals surface area (Å²) in [6, 6.07) is 3.92. The second-order valence-electron chi connectivity index (χ2n) is 13.0. The Balaban J connectivity index is 1.53. The Labute approximate surface area is 285 Å². The van der Waals surface area contributed by atoms with Crippen molar-refractivity contribution in [2.75, 3.05) is 38.5 Å². The molecule has 4 N–H and O–H groups in total. The lowest BCUT2D eigenvalue weighted by molar-refractivity contribution is -0.149. The number of piperazine rings is 1. The summed E-state index contributed by atoms with van der Waals surface area (Å²) >= 11 is 0. The molecular weight excluding hydrogens is 641 g/mol. The Kier molecular flexibility index (Phi) is 13.2. The van der Waals surface area contributed by atoms with Crippen molar-refractivity contribution < 1.29 is 37.5 Å². The number of aromatic nitrogens is 1. The number of alkyl halides is 2. The van der Waals surface area contributed by atoms with Gasteiger partial charge in [0.25, 0.3) is 5.91 Å². The Hall–Kier alpha value is -4.04. The molecule has 4 rings (SSSR count). The monoisotopic (exact) mass is 688 g/mol. The minimum Gasteiger partial charge on any atom is -0.390 e. The number of amides is 4. The van der Waals surface area contributed by atoms with Crippen molar-refractivity contribution in [1.29, 1.82) is 0 Å². The highest BCUT2D eigenvalue weighted by molar-refractivity contribution is 5.98. The van der Waals surface area contributed by atoms with E-state index in [1.807, 2.05) is 7.05 Å². The van der Waals surface area contributed by atoms with Crippen molar-refractivity contribution in [1.82, 2.24) is 25.4 Å². The van der Waals surface area contributed by atoms with E-state index in [1.54, 1.807) is 24.8 Å². The van der Waals surface area contributed by atoms with Crippen LogP contribution in [0, 0.1) is 11.7 Å². The highest BCUT2D eigenvalue weighted by atomic mass is 19.3. The van der Waals surface area contributed by atoms with Crippen molar-refractivity contribution in [3.05, 3.63) is 59.2 Å². The standard InChI is InChI=1S/C35H47F3N6O5/c1-4-29(46)41-30(33(48)44-17-15-43(3)16-18-44)22(2)24-11-14-28(27(36)19-24)40-32(47)31(23-9-7-5-6-8-10-23)42-34(49)35(37,38)25-12-13-26(21-45)39-20-25/h11-14,19-20,22-23,30-31,45H,4-10,15-18,21H2,1-3H3,(H,40,47)(H,41,46)(H,42,49). The summed E-state index contributed by atoms with van der Waals surface area (Å²) in [5.74, 6) is -9.03. The average Bonchev–Trinajstić information content (AvgIpc) is 3.39. The average molecular weight is 689 g/mol. The smallest absolute Gasteiger partial charge is 0.351 e. The van der Waals surface area contributed by atoms with Gasteiger partial charge in [0.05, 0.1) is 18.0 Å². The molecule has 1 aliphatic carbocycles. The molecule has 1 saturated heterocycles. The van der Waals surface area contributed by atoms with Gasteiger partial charge >= 0.3 is 5.92 Å². The molecule has 1 aliphatic heterocycles. The first-order chi connectivity index (χ1) is 23.3. The maximum Gasteiger partial charge on any atom is 0.351 e. The van der Waals surface area contributed by atoms with Crippen LogP contribution in [0.1, 0.15) is 81.5 Å². The molecule has 1 aromatic heterocycles. The van der Waals surface area contributed by atoms with E-state index in [9.17, 15) is 24.3 Å². The Bertz CT molecular complexity index is 1460. The lowest BCUT2D eigenvalue weighted by Gasteiger charge is -2.36. The zero-order valence-corrected chi connectivity index (χ0v) is 28.3. The van der Waals surface area contributed by atoms with E-state index >= 15 is 13.2 Å².